The Morgan fingerprint density at radius 3 is 2.74 bits per heavy atom. The maximum absolute atomic E-state index is 10.9. The normalized spacial score (nSPS) is 17.6. The van der Waals surface area contributed by atoms with Crippen molar-refractivity contribution in [3.05, 3.63) is 38.9 Å². The molecule has 1 fully saturated rings. The van der Waals surface area contributed by atoms with Gasteiger partial charge in [0.25, 0.3) is 5.69 Å². The van der Waals surface area contributed by atoms with Crippen molar-refractivity contribution in [3.8, 4) is 0 Å². The molecule has 0 unspecified atom stereocenters. The molecule has 6 heteroatoms. The van der Waals surface area contributed by atoms with Crippen molar-refractivity contribution in [2.24, 2.45) is 0 Å². The first-order valence-electron chi connectivity index (χ1n) is 6.36. The van der Waals surface area contributed by atoms with Crippen LogP contribution in [0.3, 0.4) is 0 Å². The summed E-state index contributed by atoms with van der Waals surface area (Å²) in [5.41, 5.74) is -0.0673. The van der Waals surface area contributed by atoms with Crippen LogP contribution >= 0.6 is 11.6 Å². The Kier molecular flexibility index (Phi) is 4.39. The molecule has 0 heterocycles. The zero-order chi connectivity index (χ0) is 13.9. The van der Waals surface area contributed by atoms with Crippen molar-refractivity contribution in [3.63, 3.8) is 0 Å². The third-order valence-electron chi connectivity index (χ3n) is 3.54. The van der Waals surface area contributed by atoms with Crippen molar-refractivity contribution in [2.45, 2.75) is 37.8 Å². The second-order valence-electron chi connectivity index (χ2n) is 5.07. The van der Waals surface area contributed by atoms with Crippen LogP contribution in [0.4, 0.5) is 5.69 Å². The SMILES string of the molecule is O=[N+]([O-])c1ccc(Cl)cc1CNCC1(O)CCCC1. The molecule has 0 atom stereocenters. The van der Waals surface area contributed by atoms with E-state index in [0.717, 1.165) is 25.7 Å². The zero-order valence-corrected chi connectivity index (χ0v) is 11.3. The number of nitrogens with zero attached hydrogens (tertiary/aromatic N) is 1. The van der Waals surface area contributed by atoms with Gasteiger partial charge in [-0.1, -0.05) is 24.4 Å². The summed E-state index contributed by atoms with van der Waals surface area (Å²) in [6, 6.07) is 4.50. The summed E-state index contributed by atoms with van der Waals surface area (Å²) in [6.07, 6.45) is 3.65. The van der Waals surface area contributed by atoms with Gasteiger partial charge in [0, 0.05) is 29.7 Å². The fourth-order valence-electron chi connectivity index (χ4n) is 2.51. The lowest BCUT2D eigenvalue weighted by Crippen LogP contribution is -2.37. The van der Waals surface area contributed by atoms with Crippen molar-refractivity contribution < 1.29 is 10.0 Å². The molecule has 0 saturated heterocycles. The van der Waals surface area contributed by atoms with Crippen molar-refractivity contribution in [1.29, 1.82) is 0 Å². The largest absolute Gasteiger partial charge is 0.389 e. The minimum Gasteiger partial charge on any atom is -0.389 e. The molecule has 0 aliphatic heterocycles. The molecule has 0 amide bonds. The number of halogens is 1. The summed E-state index contributed by atoms with van der Waals surface area (Å²) < 4.78 is 0. The van der Waals surface area contributed by atoms with E-state index in [-0.39, 0.29) is 5.69 Å². The predicted octanol–water partition coefficient (Wildman–Crippen LogP) is 2.64. The molecule has 1 aromatic rings. The highest BCUT2D eigenvalue weighted by atomic mass is 35.5. The van der Waals surface area contributed by atoms with E-state index in [9.17, 15) is 15.2 Å². The van der Waals surface area contributed by atoms with E-state index in [4.69, 9.17) is 11.6 Å². The lowest BCUT2D eigenvalue weighted by Gasteiger charge is -2.22. The van der Waals surface area contributed by atoms with Gasteiger partial charge in [-0.3, -0.25) is 10.1 Å². The first kappa shape index (κ1) is 14.2. The maximum atomic E-state index is 10.9. The van der Waals surface area contributed by atoms with Gasteiger partial charge in [0.15, 0.2) is 0 Å². The number of nitrogens with one attached hydrogen (secondary N) is 1. The van der Waals surface area contributed by atoms with E-state index in [2.05, 4.69) is 5.32 Å². The van der Waals surface area contributed by atoms with E-state index in [1.165, 1.54) is 12.1 Å². The van der Waals surface area contributed by atoms with Crippen molar-refractivity contribution >= 4 is 17.3 Å². The first-order valence-corrected chi connectivity index (χ1v) is 6.74. The number of nitro groups is 1. The van der Waals surface area contributed by atoms with E-state index in [0.29, 0.717) is 23.7 Å². The molecule has 0 radical (unpaired) electrons. The van der Waals surface area contributed by atoms with E-state index in [1.54, 1.807) is 6.07 Å². The minimum absolute atomic E-state index is 0.0512. The first-order chi connectivity index (χ1) is 9.00. The van der Waals surface area contributed by atoms with Gasteiger partial charge in [-0.05, 0) is 25.0 Å². The average Bonchev–Trinajstić information content (AvgIpc) is 2.76. The third kappa shape index (κ3) is 3.65. The average molecular weight is 285 g/mol. The smallest absolute Gasteiger partial charge is 0.273 e. The number of benzene rings is 1. The lowest BCUT2D eigenvalue weighted by atomic mass is 10.0. The van der Waals surface area contributed by atoms with E-state index >= 15 is 0 Å². The maximum Gasteiger partial charge on any atom is 0.273 e. The molecule has 1 aliphatic carbocycles. The van der Waals surface area contributed by atoms with Crippen LogP contribution in [0.5, 0.6) is 0 Å². The molecule has 2 N–H and O–H groups in total. The van der Waals surface area contributed by atoms with Crippen LogP contribution in [0.15, 0.2) is 18.2 Å². The molecule has 5 nitrogen and oxygen atoms in total. The molecule has 1 aromatic carbocycles. The zero-order valence-electron chi connectivity index (χ0n) is 10.6. The van der Waals surface area contributed by atoms with Crippen LogP contribution in [0.25, 0.3) is 0 Å². The molecule has 0 aromatic heterocycles. The second kappa shape index (κ2) is 5.86. The molecule has 0 spiro atoms. The summed E-state index contributed by atoms with van der Waals surface area (Å²) >= 11 is 5.86. The molecule has 1 saturated carbocycles. The predicted molar refractivity (Wildman–Crippen MR) is 73.2 cm³/mol. The highest BCUT2D eigenvalue weighted by Crippen LogP contribution is 2.29. The Balaban J connectivity index is 1.98. The molecule has 104 valence electrons. The molecule has 0 bridgehead atoms. The Bertz CT molecular complexity index is 473. The number of hydrogen-bond donors (Lipinski definition) is 2. The van der Waals surface area contributed by atoms with Crippen molar-refractivity contribution in [1.82, 2.24) is 5.32 Å². The Morgan fingerprint density at radius 1 is 1.42 bits per heavy atom. The number of nitro benzene ring substituents is 1. The summed E-state index contributed by atoms with van der Waals surface area (Å²) in [7, 11) is 0. The van der Waals surface area contributed by atoms with E-state index < -0.39 is 10.5 Å². The molecule has 19 heavy (non-hydrogen) atoms. The highest BCUT2D eigenvalue weighted by Gasteiger charge is 2.30. The number of rotatable bonds is 5. The van der Waals surface area contributed by atoms with Crippen LogP contribution < -0.4 is 5.32 Å². The van der Waals surface area contributed by atoms with Gasteiger partial charge in [-0.2, -0.15) is 0 Å². The number of aliphatic hydroxyl groups is 1. The minimum atomic E-state index is -0.659. The quantitative estimate of drug-likeness (QED) is 0.644. The van der Waals surface area contributed by atoms with Crippen molar-refractivity contribution in [2.75, 3.05) is 6.54 Å². The van der Waals surface area contributed by atoms with Crippen LogP contribution in [-0.4, -0.2) is 22.2 Å². The van der Waals surface area contributed by atoms with Gasteiger partial charge in [0.05, 0.1) is 10.5 Å². The highest BCUT2D eigenvalue weighted by molar-refractivity contribution is 6.30. The summed E-state index contributed by atoms with van der Waals surface area (Å²) in [5.74, 6) is 0. The van der Waals surface area contributed by atoms with Crippen LogP contribution in [0.2, 0.25) is 5.02 Å². The van der Waals surface area contributed by atoms with Gasteiger partial charge >= 0.3 is 0 Å². The summed E-state index contributed by atoms with van der Waals surface area (Å²) in [4.78, 5) is 10.5. The summed E-state index contributed by atoms with van der Waals surface area (Å²) in [5, 5.41) is 24.6. The van der Waals surface area contributed by atoms with Gasteiger partial charge in [-0.25, -0.2) is 0 Å². The van der Waals surface area contributed by atoms with Gasteiger partial charge < -0.3 is 10.4 Å². The fourth-order valence-corrected chi connectivity index (χ4v) is 2.71. The fraction of sp³-hybridized carbons (Fsp3) is 0.538. The third-order valence-corrected chi connectivity index (χ3v) is 3.78. The van der Waals surface area contributed by atoms with Crippen LogP contribution in [0.1, 0.15) is 31.2 Å². The Morgan fingerprint density at radius 2 is 2.11 bits per heavy atom. The standard InChI is InChI=1S/C13H17ClN2O3/c14-11-3-4-12(16(18)19)10(7-11)8-15-9-13(17)5-1-2-6-13/h3-4,7,15,17H,1-2,5-6,8-9H2. The molecule has 2 rings (SSSR count). The monoisotopic (exact) mass is 284 g/mol. The molecular formula is C13H17ClN2O3. The van der Waals surface area contributed by atoms with Crippen LogP contribution in [-0.2, 0) is 6.54 Å². The molecular weight excluding hydrogens is 268 g/mol. The van der Waals surface area contributed by atoms with Gasteiger partial charge in [0.1, 0.15) is 0 Å². The lowest BCUT2D eigenvalue weighted by molar-refractivity contribution is -0.385. The van der Waals surface area contributed by atoms with Crippen LogP contribution in [0, 0.1) is 10.1 Å². The van der Waals surface area contributed by atoms with Gasteiger partial charge in [-0.15, -0.1) is 0 Å². The number of hydrogen-bond acceptors (Lipinski definition) is 4. The van der Waals surface area contributed by atoms with Gasteiger partial charge in [0.2, 0.25) is 0 Å². The Labute approximate surface area is 116 Å². The topological polar surface area (TPSA) is 75.4 Å². The second-order valence-corrected chi connectivity index (χ2v) is 5.50. The molecule has 1 aliphatic rings. The summed E-state index contributed by atoms with van der Waals surface area (Å²) in [6.45, 7) is 0.788. The Hall–Kier alpha value is -1.17. The van der Waals surface area contributed by atoms with E-state index in [1.807, 2.05) is 0 Å².